The zero-order valence-electron chi connectivity index (χ0n) is 22.1. The van der Waals surface area contributed by atoms with Gasteiger partial charge in [0.05, 0.1) is 12.2 Å². The fraction of sp³-hybridized carbons (Fsp3) is 0.552. The molecule has 0 N–H and O–H groups in total. The lowest BCUT2D eigenvalue weighted by molar-refractivity contribution is -0.137. The standard InChI is InChI=1S/C29H38F3N3O2/c1-21-22(2)27(37-20-6-15-33-13-4-5-14-33)12-11-26(21)23(3)34-16-18-35(19-17-34)28(36)24-7-9-25(10-8-24)29(30,31)32/h7-12,23H,4-6,13-20H2,1-3H3/t23-/m1/s1. The van der Waals surface area contributed by atoms with Crippen LogP contribution in [0.2, 0.25) is 0 Å². The molecule has 2 aliphatic heterocycles. The maximum Gasteiger partial charge on any atom is 0.416 e. The summed E-state index contributed by atoms with van der Waals surface area (Å²) in [6, 6.07) is 8.89. The number of halogens is 3. The molecule has 2 heterocycles. The first-order valence-electron chi connectivity index (χ1n) is 13.3. The van der Waals surface area contributed by atoms with Crippen LogP contribution in [0, 0.1) is 13.8 Å². The minimum Gasteiger partial charge on any atom is -0.493 e. The van der Waals surface area contributed by atoms with Gasteiger partial charge in [0.1, 0.15) is 5.75 Å². The highest BCUT2D eigenvalue weighted by Gasteiger charge is 2.31. The van der Waals surface area contributed by atoms with Gasteiger partial charge >= 0.3 is 6.18 Å². The van der Waals surface area contributed by atoms with E-state index < -0.39 is 11.7 Å². The fourth-order valence-electron chi connectivity index (χ4n) is 5.40. The Bertz CT molecular complexity index is 1060. The van der Waals surface area contributed by atoms with Gasteiger partial charge in [-0.2, -0.15) is 13.2 Å². The number of alkyl halides is 3. The Kier molecular flexibility index (Phi) is 8.80. The third-order valence-electron chi connectivity index (χ3n) is 7.91. The van der Waals surface area contributed by atoms with Crippen molar-refractivity contribution < 1.29 is 22.7 Å². The van der Waals surface area contributed by atoms with Crippen molar-refractivity contribution in [3.8, 4) is 5.75 Å². The molecule has 202 valence electrons. The molecule has 8 heteroatoms. The van der Waals surface area contributed by atoms with Crippen LogP contribution >= 0.6 is 0 Å². The summed E-state index contributed by atoms with van der Waals surface area (Å²) >= 11 is 0. The van der Waals surface area contributed by atoms with Gasteiger partial charge in [0.15, 0.2) is 0 Å². The molecule has 0 bridgehead atoms. The minimum atomic E-state index is -4.41. The first-order chi connectivity index (χ1) is 17.6. The maximum atomic E-state index is 12.8. The number of ether oxygens (including phenoxy) is 1. The van der Waals surface area contributed by atoms with Gasteiger partial charge in [-0.05, 0) is 100 Å². The summed E-state index contributed by atoms with van der Waals surface area (Å²) in [7, 11) is 0. The van der Waals surface area contributed by atoms with Gasteiger partial charge in [0.25, 0.3) is 5.91 Å². The second-order valence-electron chi connectivity index (χ2n) is 10.2. The molecule has 4 rings (SSSR count). The molecule has 0 aromatic heterocycles. The van der Waals surface area contributed by atoms with E-state index in [1.807, 2.05) is 0 Å². The lowest BCUT2D eigenvalue weighted by atomic mass is 9.96. The number of rotatable bonds is 8. The summed E-state index contributed by atoms with van der Waals surface area (Å²) in [6.07, 6.45) is -0.754. The van der Waals surface area contributed by atoms with Crippen molar-refractivity contribution in [1.82, 2.24) is 14.7 Å². The van der Waals surface area contributed by atoms with Gasteiger partial charge in [0, 0.05) is 44.3 Å². The molecule has 1 atom stereocenters. The van der Waals surface area contributed by atoms with E-state index in [1.54, 1.807) is 4.90 Å². The summed E-state index contributed by atoms with van der Waals surface area (Å²) < 4.78 is 44.6. The summed E-state index contributed by atoms with van der Waals surface area (Å²) in [5, 5.41) is 0. The van der Waals surface area contributed by atoms with Gasteiger partial charge < -0.3 is 14.5 Å². The van der Waals surface area contributed by atoms with Crippen LogP contribution in [-0.4, -0.2) is 73.0 Å². The maximum absolute atomic E-state index is 12.8. The largest absolute Gasteiger partial charge is 0.493 e. The topological polar surface area (TPSA) is 36.0 Å². The van der Waals surface area contributed by atoms with E-state index >= 15 is 0 Å². The predicted molar refractivity (Wildman–Crippen MR) is 139 cm³/mol. The highest BCUT2D eigenvalue weighted by molar-refractivity contribution is 5.94. The smallest absolute Gasteiger partial charge is 0.416 e. The van der Waals surface area contributed by atoms with Crippen LogP contribution in [0.1, 0.15) is 64.8 Å². The SMILES string of the molecule is Cc1c(OCCCN2CCCC2)ccc([C@@H](C)N2CCN(C(=O)c3ccc(C(F)(F)F)cc3)CC2)c1C. The number of likely N-dealkylation sites (tertiary alicyclic amines) is 1. The van der Waals surface area contributed by atoms with Crippen molar-refractivity contribution in [3.63, 3.8) is 0 Å². The van der Waals surface area contributed by atoms with Gasteiger partial charge in [-0.25, -0.2) is 0 Å². The molecule has 0 aliphatic carbocycles. The second-order valence-corrected chi connectivity index (χ2v) is 10.2. The summed E-state index contributed by atoms with van der Waals surface area (Å²) in [5.41, 5.74) is 3.20. The van der Waals surface area contributed by atoms with Crippen LogP contribution in [0.5, 0.6) is 5.75 Å². The molecule has 2 fully saturated rings. The van der Waals surface area contributed by atoms with Crippen molar-refractivity contribution >= 4 is 5.91 Å². The Morgan fingerprint density at radius 2 is 1.57 bits per heavy atom. The second kappa shape index (κ2) is 11.9. The van der Waals surface area contributed by atoms with E-state index in [0.717, 1.165) is 37.5 Å². The average molecular weight is 518 g/mol. The Balaban J connectivity index is 1.30. The number of hydrogen-bond donors (Lipinski definition) is 0. The van der Waals surface area contributed by atoms with Gasteiger partial charge in [0.2, 0.25) is 0 Å². The number of piperazine rings is 1. The van der Waals surface area contributed by atoms with Crippen LogP contribution < -0.4 is 4.74 Å². The molecule has 37 heavy (non-hydrogen) atoms. The van der Waals surface area contributed by atoms with Crippen molar-refractivity contribution in [2.24, 2.45) is 0 Å². The molecule has 0 unspecified atom stereocenters. The van der Waals surface area contributed by atoms with Crippen LogP contribution in [0.4, 0.5) is 13.2 Å². The number of amides is 1. The van der Waals surface area contributed by atoms with Crippen molar-refractivity contribution in [2.45, 2.75) is 52.3 Å². The predicted octanol–water partition coefficient (Wildman–Crippen LogP) is 5.71. The van der Waals surface area contributed by atoms with E-state index in [9.17, 15) is 18.0 Å². The monoisotopic (exact) mass is 517 g/mol. The van der Waals surface area contributed by atoms with Crippen LogP contribution in [0.3, 0.4) is 0 Å². The van der Waals surface area contributed by atoms with Gasteiger partial charge in [-0.1, -0.05) is 6.07 Å². The van der Waals surface area contributed by atoms with E-state index in [-0.39, 0.29) is 17.5 Å². The number of hydrogen-bond acceptors (Lipinski definition) is 4. The number of carbonyl (C=O) groups is 1. The van der Waals surface area contributed by atoms with Crippen molar-refractivity contribution in [3.05, 3.63) is 64.2 Å². The Labute approximate surface area is 218 Å². The molecule has 0 spiro atoms. The molecule has 5 nitrogen and oxygen atoms in total. The normalized spacial score (nSPS) is 18.3. The lowest BCUT2D eigenvalue weighted by Gasteiger charge is -2.39. The van der Waals surface area contributed by atoms with Crippen molar-refractivity contribution in [2.75, 3.05) is 52.4 Å². The molecule has 2 aromatic rings. The summed E-state index contributed by atoms with van der Waals surface area (Å²) in [6.45, 7) is 13.2. The number of benzene rings is 2. The van der Waals surface area contributed by atoms with Crippen LogP contribution in [-0.2, 0) is 6.18 Å². The average Bonchev–Trinajstić information content (AvgIpc) is 3.41. The molecular weight excluding hydrogens is 479 g/mol. The molecule has 2 aromatic carbocycles. The molecule has 2 saturated heterocycles. The Hall–Kier alpha value is -2.58. The molecular formula is C29H38F3N3O2. The highest BCUT2D eigenvalue weighted by Crippen LogP contribution is 2.32. The summed E-state index contributed by atoms with van der Waals surface area (Å²) in [5.74, 6) is 0.723. The Morgan fingerprint density at radius 1 is 0.919 bits per heavy atom. The van der Waals surface area contributed by atoms with E-state index in [0.29, 0.717) is 26.2 Å². The van der Waals surface area contributed by atoms with E-state index in [2.05, 4.69) is 42.7 Å². The number of nitrogens with zero attached hydrogens (tertiary/aromatic N) is 3. The van der Waals surface area contributed by atoms with E-state index in [1.165, 1.54) is 54.8 Å². The lowest BCUT2D eigenvalue weighted by Crippen LogP contribution is -2.49. The van der Waals surface area contributed by atoms with Crippen LogP contribution in [0.25, 0.3) is 0 Å². The third kappa shape index (κ3) is 6.65. The van der Waals surface area contributed by atoms with Gasteiger partial charge in [-0.3, -0.25) is 9.69 Å². The number of carbonyl (C=O) groups excluding carboxylic acids is 1. The zero-order valence-corrected chi connectivity index (χ0v) is 22.1. The first kappa shape index (κ1) is 27.5. The molecule has 1 amide bonds. The molecule has 0 radical (unpaired) electrons. The first-order valence-corrected chi connectivity index (χ1v) is 13.3. The highest BCUT2D eigenvalue weighted by atomic mass is 19.4. The van der Waals surface area contributed by atoms with Gasteiger partial charge in [-0.15, -0.1) is 0 Å². The quantitative estimate of drug-likeness (QED) is 0.421. The van der Waals surface area contributed by atoms with E-state index in [4.69, 9.17) is 4.74 Å². The summed E-state index contributed by atoms with van der Waals surface area (Å²) in [4.78, 5) is 19.4. The Morgan fingerprint density at radius 3 is 2.19 bits per heavy atom. The molecule has 0 saturated carbocycles. The third-order valence-corrected chi connectivity index (χ3v) is 7.91. The molecule has 2 aliphatic rings. The zero-order chi connectivity index (χ0) is 26.6. The van der Waals surface area contributed by atoms with Crippen LogP contribution in [0.15, 0.2) is 36.4 Å². The van der Waals surface area contributed by atoms with Crippen molar-refractivity contribution in [1.29, 1.82) is 0 Å². The minimum absolute atomic E-state index is 0.186. The fourth-order valence-corrected chi connectivity index (χ4v) is 5.40.